The number of carboxylic acid groups (broad SMARTS) is 1. The molecule has 0 heterocycles. The van der Waals surface area contributed by atoms with E-state index in [1.165, 1.54) is 0 Å². The Morgan fingerprint density at radius 2 is 1.65 bits per heavy atom. The molecular formula is C10H19O6P. The summed E-state index contributed by atoms with van der Waals surface area (Å²) in [6.07, 6.45) is 4.41. The van der Waals surface area contributed by atoms with Crippen LogP contribution in [0.1, 0.15) is 38.5 Å². The van der Waals surface area contributed by atoms with E-state index in [1.54, 1.807) is 0 Å². The first-order valence-corrected chi connectivity index (χ1v) is 6.97. The van der Waals surface area contributed by atoms with E-state index in [-0.39, 0.29) is 12.2 Å². The van der Waals surface area contributed by atoms with E-state index in [1.807, 2.05) is 0 Å². The topological polar surface area (TPSA) is 104 Å². The molecule has 0 atom stereocenters. The molecular weight excluding hydrogens is 247 g/mol. The molecule has 0 spiro atoms. The summed E-state index contributed by atoms with van der Waals surface area (Å²) in [6, 6.07) is 0. The van der Waals surface area contributed by atoms with Gasteiger partial charge in [0.1, 0.15) is 0 Å². The zero-order valence-electron chi connectivity index (χ0n) is 9.67. The molecule has 100 valence electrons. The van der Waals surface area contributed by atoms with Crippen molar-refractivity contribution in [3.05, 3.63) is 12.2 Å². The third-order valence-corrected chi connectivity index (χ3v) is 2.70. The summed E-state index contributed by atoms with van der Waals surface area (Å²) in [5.41, 5.74) is 0.217. The van der Waals surface area contributed by atoms with Crippen LogP contribution in [0.5, 0.6) is 0 Å². The number of rotatable bonds is 10. The molecule has 0 fully saturated rings. The summed E-state index contributed by atoms with van der Waals surface area (Å²) in [5, 5.41) is 8.54. The van der Waals surface area contributed by atoms with Gasteiger partial charge in [-0.05, 0) is 19.3 Å². The molecule has 0 aliphatic heterocycles. The van der Waals surface area contributed by atoms with Crippen LogP contribution in [0.15, 0.2) is 12.2 Å². The van der Waals surface area contributed by atoms with Gasteiger partial charge in [0.2, 0.25) is 0 Å². The molecule has 0 saturated heterocycles. The van der Waals surface area contributed by atoms with Crippen LogP contribution in [0.4, 0.5) is 0 Å². The maximum Gasteiger partial charge on any atom is 0.469 e. The number of phosphoric ester groups is 1. The first-order chi connectivity index (χ1) is 7.83. The second-order valence-electron chi connectivity index (χ2n) is 3.75. The van der Waals surface area contributed by atoms with Crippen molar-refractivity contribution >= 4 is 13.8 Å². The summed E-state index contributed by atoms with van der Waals surface area (Å²) < 4.78 is 14.6. The van der Waals surface area contributed by atoms with Crippen LogP contribution in [0.2, 0.25) is 0 Å². The summed E-state index contributed by atoms with van der Waals surface area (Å²) in [6.45, 7) is 3.47. The normalized spacial score (nSPS) is 11.4. The number of aliphatic carboxylic acids is 1. The monoisotopic (exact) mass is 266 g/mol. The van der Waals surface area contributed by atoms with Gasteiger partial charge in [0.15, 0.2) is 0 Å². The third-order valence-electron chi connectivity index (χ3n) is 2.18. The van der Waals surface area contributed by atoms with Gasteiger partial charge in [-0.2, -0.15) is 0 Å². The second-order valence-corrected chi connectivity index (χ2v) is 4.99. The van der Waals surface area contributed by atoms with Gasteiger partial charge in [-0.1, -0.05) is 25.8 Å². The van der Waals surface area contributed by atoms with Crippen LogP contribution in [0.3, 0.4) is 0 Å². The van der Waals surface area contributed by atoms with Crippen molar-refractivity contribution in [3.8, 4) is 0 Å². The van der Waals surface area contributed by atoms with Crippen LogP contribution in [0, 0.1) is 0 Å². The van der Waals surface area contributed by atoms with Crippen molar-refractivity contribution in [2.45, 2.75) is 38.5 Å². The molecule has 0 unspecified atom stereocenters. The molecule has 0 aromatic carbocycles. The molecule has 3 N–H and O–H groups in total. The fraction of sp³-hybridized carbons (Fsp3) is 0.700. The lowest BCUT2D eigenvalue weighted by atomic mass is 10.1. The third kappa shape index (κ3) is 11.6. The van der Waals surface area contributed by atoms with Crippen molar-refractivity contribution in [1.82, 2.24) is 0 Å². The molecule has 0 radical (unpaired) electrons. The Labute approximate surface area is 101 Å². The molecule has 6 nitrogen and oxygen atoms in total. The number of carbonyl (C=O) groups is 1. The lowest BCUT2D eigenvalue weighted by Gasteiger charge is -2.04. The summed E-state index contributed by atoms with van der Waals surface area (Å²) >= 11 is 0. The van der Waals surface area contributed by atoms with Crippen molar-refractivity contribution in [2.24, 2.45) is 0 Å². The van der Waals surface area contributed by atoms with E-state index < -0.39 is 13.8 Å². The average molecular weight is 266 g/mol. The zero-order chi connectivity index (χ0) is 13.3. The highest BCUT2D eigenvalue weighted by molar-refractivity contribution is 7.46. The van der Waals surface area contributed by atoms with E-state index in [0.717, 1.165) is 25.7 Å². The summed E-state index contributed by atoms with van der Waals surface area (Å²) in [7, 11) is -4.33. The lowest BCUT2D eigenvalue weighted by Crippen LogP contribution is -1.98. The van der Waals surface area contributed by atoms with Gasteiger partial charge >= 0.3 is 13.8 Å². The Morgan fingerprint density at radius 1 is 1.12 bits per heavy atom. The Balaban J connectivity index is 3.28. The Hall–Kier alpha value is -0.680. The quantitative estimate of drug-likeness (QED) is 0.317. The number of hydrogen-bond donors (Lipinski definition) is 3. The van der Waals surface area contributed by atoms with Gasteiger partial charge < -0.3 is 14.9 Å². The van der Waals surface area contributed by atoms with Crippen LogP contribution < -0.4 is 0 Å². The Morgan fingerprint density at radius 3 is 2.18 bits per heavy atom. The second kappa shape index (κ2) is 8.42. The lowest BCUT2D eigenvalue weighted by molar-refractivity contribution is -0.132. The summed E-state index contributed by atoms with van der Waals surface area (Å²) in [5.74, 6) is -0.958. The van der Waals surface area contributed by atoms with Crippen LogP contribution in [-0.2, 0) is 13.9 Å². The van der Waals surface area contributed by atoms with Crippen LogP contribution in [0.25, 0.3) is 0 Å². The molecule has 0 saturated carbocycles. The van der Waals surface area contributed by atoms with Gasteiger partial charge in [-0.15, -0.1) is 0 Å². The first kappa shape index (κ1) is 16.3. The highest BCUT2D eigenvalue weighted by Crippen LogP contribution is 2.35. The van der Waals surface area contributed by atoms with Gasteiger partial charge in [-0.25, -0.2) is 9.36 Å². The number of hydrogen-bond acceptors (Lipinski definition) is 3. The van der Waals surface area contributed by atoms with Crippen LogP contribution in [-0.4, -0.2) is 27.5 Å². The molecule has 0 bridgehead atoms. The van der Waals surface area contributed by atoms with E-state index in [9.17, 15) is 9.36 Å². The predicted molar refractivity (Wildman–Crippen MR) is 62.5 cm³/mol. The van der Waals surface area contributed by atoms with Crippen molar-refractivity contribution < 1.29 is 28.8 Å². The molecule has 17 heavy (non-hydrogen) atoms. The van der Waals surface area contributed by atoms with Crippen molar-refractivity contribution in [2.75, 3.05) is 6.61 Å². The van der Waals surface area contributed by atoms with Crippen molar-refractivity contribution in [3.63, 3.8) is 0 Å². The van der Waals surface area contributed by atoms with E-state index >= 15 is 0 Å². The molecule has 0 amide bonds. The fourth-order valence-electron chi connectivity index (χ4n) is 1.26. The Kier molecular flexibility index (Phi) is 8.08. The van der Waals surface area contributed by atoms with E-state index in [2.05, 4.69) is 11.1 Å². The minimum atomic E-state index is -4.33. The molecule has 0 aliphatic rings. The minimum Gasteiger partial charge on any atom is -0.478 e. The van der Waals surface area contributed by atoms with E-state index in [4.69, 9.17) is 14.9 Å². The smallest absolute Gasteiger partial charge is 0.469 e. The molecule has 0 aliphatic carbocycles. The number of phosphoric acid groups is 1. The summed E-state index contributed by atoms with van der Waals surface area (Å²) in [4.78, 5) is 27.2. The predicted octanol–water partition coefficient (Wildman–Crippen LogP) is 2.08. The largest absolute Gasteiger partial charge is 0.478 e. The van der Waals surface area contributed by atoms with E-state index in [0.29, 0.717) is 12.8 Å². The van der Waals surface area contributed by atoms with Crippen LogP contribution >= 0.6 is 7.82 Å². The maximum absolute atomic E-state index is 10.4. The highest BCUT2D eigenvalue weighted by atomic mass is 31.2. The van der Waals surface area contributed by atoms with Gasteiger partial charge in [0, 0.05) is 5.57 Å². The Bertz CT molecular complexity index is 295. The number of unbranched alkanes of at least 4 members (excludes halogenated alkanes) is 4. The average Bonchev–Trinajstić information content (AvgIpc) is 2.19. The van der Waals surface area contributed by atoms with Gasteiger partial charge in [0.25, 0.3) is 0 Å². The standard InChI is InChI=1S/C10H19O6P/c1-9(10(11)12)7-5-3-2-4-6-8-16-17(13,14)15/h1-8H2,(H,11,12)(H2,13,14,15). The molecule has 0 rings (SSSR count). The SMILES string of the molecule is C=C(CCCCCCCOP(=O)(O)O)C(=O)O. The highest BCUT2D eigenvalue weighted by Gasteiger charge is 2.12. The van der Waals surface area contributed by atoms with Gasteiger partial charge in [-0.3, -0.25) is 4.52 Å². The zero-order valence-corrected chi connectivity index (χ0v) is 10.6. The maximum atomic E-state index is 10.4. The molecule has 0 aromatic heterocycles. The first-order valence-electron chi connectivity index (χ1n) is 5.44. The number of carboxylic acids is 1. The molecule has 0 aromatic rings. The van der Waals surface area contributed by atoms with Crippen molar-refractivity contribution in [1.29, 1.82) is 0 Å². The fourth-order valence-corrected chi connectivity index (χ4v) is 1.63. The van der Waals surface area contributed by atoms with Gasteiger partial charge in [0.05, 0.1) is 6.61 Å². The minimum absolute atomic E-state index is 0.0477. The molecule has 7 heteroatoms.